The third-order valence-electron chi connectivity index (χ3n) is 3.46. The Hall–Kier alpha value is -2.57. The van der Waals surface area contributed by atoms with Crippen molar-refractivity contribution >= 4 is 23.4 Å². The molecule has 1 aliphatic heterocycles. The molecule has 1 N–H and O–H groups in total. The standard InChI is InChI=1S/C16H20N2O5/c1-3-23-12-5-4-11(10-13(12)22-2)17-14(19)8-9-18-15(20)6-7-16(18)21/h4-5,10H,3,6-9H2,1-2H3,(H,17,19). The minimum absolute atomic E-state index is 0.0625. The zero-order valence-electron chi connectivity index (χ0n) is 13.3. The minimum Gasteiger partial charge on any atom is -0.493 e. The van der Waals surface area contributed by atoms with E-state index in [1.165, 1.54) is 7.11 Å². The molecule has 0 spiro atoms. The summed E-state index contributed by atoms with van der Waals surface area (Å²) >= 11 is 0. The summed E-state index contributed by atoms with van der Waals surface area (Å²) in [5.74, 6) is 0.413. The summed E-state index contributed by atoms with van der Waals surface area (Å²) in [5, 5.41) is 2.72. The number of amides is 3. The molecule has 1 heterocycles. The number of hydrogen-bond acceptors (Lipinski definition) is 5. The molecule has 1 fully saturated rings. The maximum absolute atomic E-state index is 12.0. The number of rotatable bonds is 7. The maximum Gasteiger partial charge on any atom is 0.229 e. The minimum atomic E-state index is -0.274. The molecule has 1 saturated heterocycles. The van der Waals surface area contributed by atoms with Crippen molar-refractivity contribution in [2.24, 2.45) is 0 Å². The predicted octanol–water partition coefficient (Wildman–Crippen LogP) is 1.57. The molecular weight excluding hydrogens is 300 g/mol. The molecule has 23 heavy (non-hydrogen) atoms. The monoisotopic (exact) mass is 320 g/mol. The van der Waals surface area contributed by atoms with Gasteiger partial charge in [-0.2, -0.15) is 0 Å². The molecule has 0 unspecified atom stereocenters. The van der Waals surface area contributed by atoms with E-state index in [9.17, 15) is 14.4 Å². The van der Waals surface area contributed by atoms with Crippen LogP contribution in [0.15, 0.2) is 18.2 Å². The fourth-order valence-corrected chi connectivity index (χ4v) is 2.33. The number of benzene rings is 1. The average molecular weight is 320 g/mol. The summed E-state index contributed by atoms with van der Waals surface area (Å²) in [4.78, 5) is 36.1. The van der Waals surface area contributed by atoms with Crippen molar-refractivity contribution in [3.63, 3.8) is 0 Å². The Morgan fingerprint density at radius 3 is 2.52 bits per heavy atom. The van der Waals surface area contributed by atoms with E-state index in [-0.39, 0.29) is 43.5 Å². The van der Waals surface area contributed by atoms with Crippen LogP contribution in [-0.4, -0.2) is 42.9 Å². The smallest absolute Gasteiger partial charge is 0.229 e. The van der Waals surface area contributed by atoms with E-state index in [2.05, 4.69) is 5.32 Å². The molecule has 1 aliphatic rings. The highest BCUT2D eigenvalue weighted by molar-refractivity contribution is 6.02. The van der Waals surface area contributed by atoms with Gasteiger partial charge in [-0.1, -0.05) is 0 Å². The highest BCUT2D eigenvalue weighted by atomic mass is 16.5. The predicted molar refractivity (Wildman–Crippen MR) is 83.4 cm³/mol. The number of likely N-dealkylation sites (tertiary alicyclic amines) is 1. The third kappa shape index (κ3) is 4.21. The summed E-state index contributed by atoms with van der Waals surface area (Å²) < 4.78 is 10.6. The van der Waals surface area contributed by atoms with Gasteiger partial charge in [-0.25, -0.2) is 0 Å². The second kappa shape index (κ2) is 7.62. The van der Waals surface area contributed by atoms with Crippen LogP contribution in [0, 0.1) is 0 Å². The van der Waals surface area contributed by atoms with Gasteiger partial charge in [0.15, 0.2) is 11.5 Å². The van der Waals surface area contributed by atoms with Crippen LogP contribution in [0.4, 0.5) is 5.69 Å². The lowest BCUT2D eigenvalue weighted by molar-refractivity contribution is -0.138. The Kier molecular flexibility index (Phi) is 5.56. The first kappa shape index (κ1) is 16.8. The molecule has 0 aliphatic carbocycles. The Bertz CT molecular complexity index is 598. The van der Waals surface area contributed by atoms with Crippen molar-refractivity contribution in [1.82, 2.24) is 4.90 Å². The highest BCUT2D eigenvalue weighted by Gasteiger charge is 2.28. The van der Waals surface area contributed by atoms with E-state index in [1.54, 1.807) is 18.2 Å². The first-order valence-electron chi connectivity index (χ1n) is 7.49. The van der Waals surface area contributed by atoms with Gasteiger partial charge >= 0.3 is 0 Å². The van der Waals surface area contributed by atoms with Crippen LogP contribution in [0.1, 0.15) is 26.2 Å². The zero-order valence-corrected chi connectivity index (χ0v) is 13.3. The second-order valence-corrected chi connectivity index (χ2v) is 5.04. The number of anilines is 1. The lowest BCUT2D eigenvalue weighted by atomic mass is 10.2. The van der Waals surface area contributed by atoms with Gasteiger partial charge in [0, 0.05) is 37.6 Å². The van der Waals surface area contributed by atoms with Crippen molar-refractivity contribution in [3.05, 3.63) is 18.2 Å². The van der Waals surface area contributed by atoms with Crippen LogP contribution in [-0.2, 0) is 14.4 Å². The lowest BCUT2D eigenvalue weighted by Gasteiger charge is -2.14. The van der Waals surface area contributed by atoms with Gasteiger partial charge in [0.1, 0.15) is 0 Å². The van der Waals surface area contributed by atoms with Gasteiger partial charge in [0.2, 0.25) is 17.7 Å². The van der Waals surface area contributed by atoms with Gasteiger partial charge in [0.25, 0.3) is 0 Å². The van der Waals surface area contributed by atoms with Crippen molar-refractivity contribution in [2.75, 3.05) is 25.6 Å². The third-order valence-corrected chi connectivity index (χ3v) is 3.46. The molecule has 0 saturated carbocycles. The number of carbonyl (C=O) groups is 3. The Balaban J connectivity index is 1.92. The Morgan fingerprint density at radius 1 is 1.22 bits per heavy atom. The maximum atomic E-state index is 12.0. The first-order valence-corrected chi connectivity index (χ1v) is 7.49. The zero-order chi connectivity index (χ0) is 16.8. The largest absolute Gasteiger partial charge is 0.493 e. The normalized spacial score (nSPS) is 14.1. The molecule has 0 radical (unpaired) electrons. The van der Waals surface area contributed by atoms with Crippen molar-refractivity contribution < 1.29 is 23.9 Å². The molecule has 1 aromatic carbocycles. The Labute approximate surface area is 134 Å². The van der Waals surface area contributed by atoms with Crippen molar-refractivity contribution in [3.8, 4) is 11.5 Å². The van der Waals surface area contributed by atoms with Gasteiger partial charge in [-0.15, -0.1) is 0 Å². The lowest BCUT2D eigenvalue weighted by Crippen LogP contribution is -2.32. The molecule has 1 aromatic rings. The molecule has 124 valence electrons. The van der Waals surface area contributed by atoms with Crippen LogP contribution in [0.2, 0.25) is 0 Å². The highest BCUT2D eigenvalue weighted by Crippen LogP contribution is 2.30. The summed E-state index contributed by atoms with van der Waals surface area (Å²) in [6.07, 6.45) is 0.528. The van der Waals surface area contributed by atoms with E-state index in [0.29, 0.717) is 23.8 Å². The molecular formula is C16H20N2O5. The second-order valence-electron chi connectivity index (χ2n) is 5.04. The number of imide groups is 1. The number of ether oxygens (including phenoxy) is 2. The van der Waals surface area contributed by atoms with Crippen LogP contribution in [0.3, 0.4) is 0 Å². The fourth-order valence-electron chi connectivity index (χ4n) is 2.33. The van der Waals surface area contributed by atoms with Crippen LogP contribution in [0.5, 0.6) is 11.5 Å². The quantitative estimate of drug-likeness (QED) is 0.771. The van der Waals surface area contributed by atoms with Gasteiger partial charge < -0.3 is 14.8 Å². The van der Waals surface area contributed by atoms with Gasteiger partial charge in [0.05, 0.1) is 13.7 Å². The molecule has 3 amide bonds. The Morgan fingerprint density at radius 2 is 1.91 bits per heavy atom. The summed E-state index contributed by atoms with van der Waals surface area (Å²) in [6, 6.07) is 5.08. The van der Waals surface area contributed by atoms with E-state index >= 15 is 0 Å². The molecule has 2 rings (SSSR count). The van der Waals surface area contributed by atoms with Crippen molar-refractivity contribution in [1.29, 1.82) is 0 Å². The number of nitrogens with zero attached hydrogens (tertiary/aromatic N) is 1. The number of carbonyl (C=O) groups excluding carboxylic acids is 3. The van der Waals surface area contributed by atoms with Crippen LogP contribution >= 0.6 is 0 Å². The topological polar surface area (TPSA) is 84.9 Å². The van der Waals surface area contributed by atoms with E-state index < -0.39 is 0 Å². The summed E-state index contributed by atoms with van der Waals surface area (Å²) in [5.41, 5.74) is 0.564. The first-order chi connectivity index (χ1) is 11.0. The molecule has 7 nitrogen and oxygen atoms in total. The van der Waals surface area contributed by atoms with Gasteiger partial charge in [-0.05, 0) is 19.1 Å². The van der Waals surface area contributed by atoms with E-state index in [4.69, 9.17) is 9.47 Å². The summed E-state index contributed by atoms with van der Waals surface area (Å²) in [7, 11) is 1.52. The van der Waals surface area contributed by atoms with Crippen LogP contribution in [0.25, 0.3) is 0 Å². The van der Waals surface area contributed by atoms with Crippen LogP contribution < -0.4 is 14.8 Å². The number of nitrogens with one attached hydrogen (secondary N) is 1. The van der Waals surface area contributed by atoms with Crippen molar-refractivity contribution in [2.45, 2.75) is 26.2 Å². The number of hydrogen-bond donors (Lipinski definition) is 1. The molecule has 7 heteroatoms. The van der Waals surface area contributed by atoms with Gasteiger partial charge in [-0.3, -0.25) is 19.3 Å². The number of methoxy groups -OCH3 is 1. The van der Waals surface area contributed by atoms with E-state index in [0.717, 1.165) is 4.90 Å². The molecule has 0 atom stereocenters. The fraction of sp³-hybridized carbons (Fsp3) is 0.438. The summed E-state index contributed by atoms with van der Waals surface area (Å²) in [6.45, 7) is 2.49. The molecule has 0 bridgehead atoms. The average Bonchev–Trinajstić information content (AvgIpc) is 2.85. The van der Waals surface area contributed by atoms with E-state index in [1.807, 2.05) is 6.92 Å². The SMILES string of the molecule is CCOc1ccc(NC(=O)CCN2C(=O)CCC2=O)cc1OC. The molecule has 0 aromatic heterocycles.